The minimum atomic E-state index is 0.413. The number of aromatic nitrogens is 1. The highest BCUT2D eigenvalue weighted by Gasteiger charge is 2.22. The lowest BCUT2D eigenvalue weighted by Crippen LogP contribution is -2.33. The smallest absolute Gasteiger partial charge is 0.133 e. The van der Waals surface area contributed by atoms with E-state index >= 15 is 0 Å². The van der Waals surface area contributed by atoms with E-state index in [1.54, 1.807) is 6.20 Å². The fraction of sp³-hybridized carbons (Fsp3) is 0.545. The normalized spacial score (nSPS) is 20.1. The second-order valence-corrected chi connectivity index (χ2v) is 5.08. The predicted molar refractivity (Wildman–Crippen MR) is 69.1 cm³/mol. The van der Waals surface area contributed by atoms with Crippen molar-refractivity contribution in [2.45, 2.75) is 18.3 Å². The average molecular weight is 306 g/mol. The van der Waals surface area contributed by atoms with Gasteiger partial charge in [0.15, 0.2) is 0 Å². The molecular weight excluding hydrogens is 291 g/mol. The zero-order chi connectivity index (χ0) is 11.5. The topological polar surface area (TPSA) is 25.4 Å². The zero-order valence-corrected chi connectivity index (χ0v) is 11.5. The number of likely N-dealkylation sites (N-methyl/N-ethyl adjacent to an activating group) is 1. The molecule has 1 fully saturated rings. The zero-order valence-electron chi connectivity index (χ0n) is 9.12. The quantitative estimate of drug-likeness (QED) is 0.803. The number of hydrogen-bond donors (Lipinski definition) is 0. The molecular formula is C11H14BrClN2O. The Labute approximate surface area is 109 Å². The van der Waals surface area contributed by atoms with Gasteiger partial charge < -0.3 is 9.64 Å². The number of pyridine rings is 1. The first-order chi connectivity index (χ1) is 7.72. The van der Waals surface area contributed by atoms with Crippen LogP contribution < -0.4 is 4.90 Å². The second-order valence-electron chi connectivity index (χ2n) is 3.90. The molecule has 1 saturated heterocycles. The number of alkyl halides is 1. The van der Waals surface area contributed by atoms with Crippen molar-refractivity contribution in [3.05, 3.63) is 22.3 Å². The lowest BCUT2D eigenvalue weighted by atomic mass is 10.2. The van der Waals surface area contributed by atoms with E-state index in [1.807, 2.05) is 13.1 Å². The molecule has 0 N–H and O–H groups in total. The molecule has 88 valence electrons. The van der Waals surface area contributed by atoms with Crippen LogP contribution in [0.2, 0.25) is 0 Å². The molecule has 1 aromatic heterocycles. The average Bonchev–Trinajstić information content (AvgIpc) is 2.81. The third kappa shape index (κ3) is 2.50. The van der Waals surface area contributed by atoms with Gasteiger partial charge >= 0.3 is 0 Å². The van der Waals surface area contributed by atoms with Crippen LogP contribution in [-0.4, -0.2) is 31.3 Å². The molecule has 3 nitrogen and oxygen atoms in total. The van der Waals surface area contributed by atoms with E-state index in [-0.39, 0.29) is 0 Å². The Bertz CT molecular complexity index is 369. The Hall–Kier alpha value is -0.320. The molecule has 1 aromatic rings. The van der Waals surface area contributed by atoms with Gasteiger partial charge in [-0.3, -0.25) is 0 Å². The Morgan fingerprint density at radius 1 is 1.69 bits per heavy atom. The summed E-state index contributed by atoms with van der Waals surface area (Å²) in [6.07, 6.45) is 2.85. The Balaban J connectivity index is 2.24. The van der Waals surface area contributed by atoms with E-state index in [9.17, 15) is 0 Å². The molecule has 1 aliphatic heterocycles. The summed E-state index contributed by atoms with van der Waals surface area (Å²) in [5.41, 5.74) is 1.05. The third-order valence-electron chi connectivity index (χ3n) is 2.84. The first-order valence-corrected chi connectivity index (χ1v) is 6.56. The lowest BCUT2D eigenvalue weighted by molar-refractivity contribution is 0.193. The molecule has 1 atom stereocenters. The van der Waals surface area contributed by atoms with Crippen LogP contribution in [0.15, 0.2) is 16.7 Å². The third-order valence-corrected chi connectivity index (χ3v) is 3.56. The molecule has 0 aromatic carbocycles. The van der Waals surface area contributed by atoms with Crippen molar-refractivity contribution in [1.82, 2.24) is 4.98 Å². The number of ether oxygens (including phenoxy) is 1. The molecule has 16 heavy (non-hydrogen) atoms. The van der Waals surface area contributed by atoms with E-state index in [0.717, 1.165) is 35.5 Å². The fourth-order valence-corrected chi connectivity index (χ4v) is 2.47. The molecule has 0 saturated carbocycles. The van der Waals surface area contributed by atoms with Gasteiger partial charge in [0.2, 0.25) is 0 Å². The van der Waals surface area contributed by atoms with Gasteiger partial charge in [0.1, 0.15) is 5.82 Å². The molecule has 2 heterocycles. The second kappa shape index (κ2) is 5.34. The van der Waals surface area contributed by atoms with Gasteiger partial charge in [-0.15, -0.1) is 11.6 Å². The van der Waals surface area contributed by atoms with Crippen LogP contribution >= 0.6 is 27.5 Å². The number of anilines is 1. The monoisotopic (exact) mass is 304 g/mol. The summed E-state index contributed by atoms with van der Waals surface area (Å²) in [6.45, 7) is 1.61. The molecule has 0 spiro atoms. The summed E-state index contributed by atoms with van der Waals surface area (Å²) in [4.78, 5) is 6.60. The van der Waals surface area contributed by atoms with E-state index in [2.05, 4.69) is 25.8 Å². The molecule has 1 aliphatic rings. The van der Waals surface area contributed by atoms with E-state index < -0.39 is 0 Å². The molecule has 2 rings (SSSR count). The van der Waals surface area contributed by atoms with Crippen LogP contribution in [0.4, 0.5) is 5.82 Å². The highest BCUT2D eigenvalue weighted by atomic mass is 79.9. The molecule has 0 radical (unpaired) electrons. The first kappa shape index (κ1) is 12.1. The van der Waals surface area contributed by atoms with Gasteiger partial charge in [0.05, 0.1) is 18.5 Å². The van der Waals surface area contributed by atoms with E-state index in [1.165, 1.54) is 0 Å². The maximum Gasteiger partial charge on any atom is 0.133 e. The van der Waals surface area contributed by atoms with Crippen molar-refractivity contribution >= 4 is 33.3 Å². The van der Waals surface area contributed by atoms with Crippen molar-refractivity contribution in [2.24, 2.45) is 0 Å². The van der Waals surface area contributed by atoms with Gasteiger partial charge in [-0.1, -0.05) is 0 Å². The maximum atomic E-state index is 5.94. The summed E-state index contributed by atoms with van der Waals surface area (Å²) >= 11 is 9.34. The van der Waals surface area contributed by atoms with Gasteiger partial charge in [0.25, 0.3) is 0 Å². The number of nitrogens with zero attached hydrogens (tertiary/aromatic N) is 2. The predicted octanol–water partition coefficient (Wildman–Crippen LogP) is 2.81. The van der Waals surface area contributed by atoms with Crippen LogP contribution in [0.3, 0.4) is 0 Å². The summed E-state index contributed by atoms with van der Waals surface area (Å²) in [5.74, 6) is 1.42. The highest BCUT2D eigenvalue weighted by Crippen LogP contribution is 2.25. The van der Waals surface area contributed by atoms with Crippen LogP contribution in [0, 0.1) is 0 Å². The molecule has 0 bridgehead atoms. The minimum Gasteiger partial charge on any atom is -0.379 e. The van der Waals surface area contributed by atoms with Gasteiger partial charge in [-0.25, -0.2) is 4.98 Å². The van der Waals surface area contributed by atoms with Crippen LogP contribution in [0.1, 0.15) is 12.0 Å². The van der Waals surface area contributed by atoms with Gasteiger partial charge in [-0.05, 0) is 28.4 Å². The number of halogens is 2. The van der Waals surface area contributed by atoms with Crippen molar-refractivity contribution < 1.29 is 4.74 Å². The Morgan fingerprint density at radius 2 is 2.50 bits per heavy atom. The summed E-state index contributed by atoms with van der Waals surface area (Å²) in [7, 11) is 2.05. The molecule has 0 aliphatic carbocycles. The van der Waals surface area contributed by atoms with Crippen LogP contribution in [0.25, 0.3) is 0 Å². The fourth-order valence-electron chi connectivity index (χ4n) is 1.89. The van der Waals surface area contributed by atoms with Crippen LogP contribution in [0.5, 0.6) is 0 Å². The summed E-state index contributed by atoms with van der Waals surface area (Å²) in [6, 6.07) is 2.43. The minimum absolute atomic E-state index is 0.413. The van der Waals surface area contributed by atoms with Crippen molar-refractivity contribution in [1.29, 1.82) is 0 Å². The first-order valence-electron chi connectivity index (χ1n) is 5.23. The Morgan fingerprint density at radius 3 is 3.12 bits per heavy atom. The van der Waals surface area contributed by atoms with Gasteiger partial charge in [-0.2, -0.15) is 0 Å². The van der Waals surface area contributed by atoms with Gasteiger partial charge in [0, 0.05) is 29.9 Å². The Kier molecular flexibility index (Phi) is 4.05. The molecule has 0 amide bonds. The molecule has 5 heteroatoms. The van der Waals surface area contributed by atoms with Crippen LogP contribution in [-0.2, 0) is 10.6 Å². The standard InChI is InChI=1S/C11H14BrClN2O/c1-15(10-2-3-16-7-10)11-8(5-13)4-9(12)6-14-11/h4,6,10H,2-3,5,7H2,1H3. The lowest BCUT2D eigenvalue weighted by Gasteiger charge is -2.26. The van der Waals surface area contributed by atoms with Crippen molar-refractivity contribution in [3.63, 3.8) is 0 Å². The van der Waals surface area contributed by atoms with E-state index in [0.29, 0.717) is 11.9 Å². The number of rotatable bonds is 3. The largest absolute Gasteiger partial charge is 0.379 e. The van der Waals surface area contributed by atoms with E-state index in [4.69, 9.17) is 16.3 Å². The highest BCUT2D eigenvalue weighted by molar-refractivity contribution is 9.10. The van der Waals surface area contributed by atoms with Crippen molar-refractivity contribution in [2.75, 3.05) is 25.2 Å². The summed E-state index contributed by atoms with van der Waals surface area (Å²) in [5, 5.41) is 0. The maximum absolute atomic E-state index is 5.94. The number of hydrogen-bond acceptors (Lipinski definition) is 3. The van der Waals surface area contributed by atoms with Crippen molar-refractivity contribution in [3.8, 4) is 0 Å². The SMILES string of the molecule is CN(c1ncc(Br)cc1CCl)C1CCOC1. The summed E-state index contributed by atoms with van der Waals surface area (Å²) < 4.78 is 6.35. The molecule has 1 unspecified atom stereocenters.